The number of carbonyl (C=O) groups is 1. The number of hydrogen-bond donors (Lipinski definition) is 2. The normalized spacial score (nSPS) is 32.4. The Hall–Kier alpha value is -0.980. The molecule has 4 N–H and O–H groups in total. The summed E-state index contributed by atoms with van der Waals surface area (Å²) in [5.74, 6) is -1.40. The summed E-state index contributed by atoms with van der Waals surface area (Å²) in [5.41, 5.74) is 10.2. The summed E-state index contributed by atoms with van der Waals surface area (Å²) >= 11 is 0. The van der Waals surface area contributed by atoms with Gasteiger partial charge < -0.3 is 16.2 Å². The van der Waals surface area contributed by atoms with E-state index in [9.17, 15) is 18.0 Å². The van der Waals surface area contributed by atoms with E-state index in [-0.39, 0.29) is 19.3 Å². The van der Waals surface area contributed by atoms with Crippen LogP contribution in [-0.2, 0) is 4.74 Å². The molecule has 4 nitrogen and oxygen atoms in total. The maximum atomic E-state index is 12.3. The van der Waals surface area contributed by atoms with Gasteiger partial charge in [0.05, 0.1) is 5.92 Å². The van der Waals surface area contributed by atoms with Crippen LogP contribution < -0.4 is 11.5 Å². The van der Waals surface area contributed by atoms with Gasteiger partial charge in [0, 0.05) is 6.04 Å². The van der Waals surface area contributed by atoms with Gasteiger partial charge in [0.2, 0.25) is 0 Å². The Morgan fingerprint density at radius 2 is 1.93 bits per heavy atom. The Balaban J connectivity index is 2.51. The lowest BCUT2D eigenvalue weighted by Gasteiger charge is -2.33. The van der Waals surface area contributed by atoms with Crippen molar-refractivity contribution in [1.82, 2.24) is 0 Å². The maximum absolute atomic E-state index is 12.3. The number of nitrogens with two attached hydrogens (primary N) is 2. The number of rotatable bonds is 1. The average Bonchev–Trinajstić information content (AvgIpc) is 2.05. The first-order chi connectivity index (χ1) is 6.80. The van der Waals surface area contributed by atoms with Gasteiger partial charge in [0.1, 0.15) is 6.10 Å². The number of ether oxygens (including phenoxy) is 1. The Bertz CT molecular complexity index is 245. The molecule has 0 aromatic heterocycles. The first kappa shape index (κ1) is 12.1. The van der Waals surface area contributed by atoms with Gasteiger partial charge in [-0.25, -0.2) is 4.79 Å². The largest absolute Gasteiger partial charge is 0.445 e. The monoisotopic (exact) mass is 226 g/mol. The van der Waals surface area contributed by atoms with Crippen LogP contribution >= 0.6 is 0 Å². The van der Waals surface area contributed by atoms with E-state index < -0.39 is 30.3 Å². The Morgan fingerprint density at radius 3 is 2.33 bits per heavy atom. The predicted molar refractivity (Wildman–Crippen MR) is 45.8 cm³/mol. The van der Waals surface area contributed by atoms with Gasteiger partial charge in [-0.1, -0.05) is 0 Å². The summed E-state index contributed by atoms with van der Waals surface area (Å²) in [6.07, 6.45) is -6.11. The number of hydrogen-bond acceptors (Lipinski definition) is 3. The summed E-state index contributed by atoms with van der Waals surface area (Å²) in [4.78, 5) is 10.4. The van der Waals surface area contributed by atoms with Crippen LogP contribution in [0.25, 0.3) is 0 Å². The van der Waals surface area contributed by atoms with Crippen LogP contribution in [0.4, 0.5) is 18.0 Å². The Labute approximate surface area is 84.7 Å². The number of carbonyl (C=O) groups excluding carboxylic acids is 1. The summed E-state index contributed by atoms with van der Waals surface area (Å²) in [6.45, 7) is 0. The third-order valence-electron chi connectivity index (χ3n) is 2.56. The highest BCUT2D eigenvalue weighted by atomic mass is 19.4. The zero-order chi connectivity index (χ0) is 11.6. The molecule has 1 amide bonds. The van der Waals surface area contributed by atoms with E-state index in [1.165, 1.54) is 0 Å². The molecule has 7 heteroatoms. The third-order valence-corrected chi connectivity index (χ3v) is 2.56. The topological polar surface area (TPSA) is 78.3 Å². The molecular formula is C8H13F3N2O2. The summed E-state index contributed by atoms with van der Waals surface area (Å²) in [5, 5.41) is 0. The summed E-state index contributed by atoms with van der Waals surface area (Å²) in [6, 6.07) is -0.794. The molecule has 0 aromatic rings. The van der Waals surface area contributed by atoms with Gasteiger partial charge in [0.15, 0.2) is 0 Å². The van der Waals surface area contributed by atoms with Gasteiger partial charge in [-0.3, -0.25) is 0 Å². The zero-order valence-corrected chi connectivity index (χ0v) is 7.96. The fraction of sp³-hybridized carbons (Fsp3) is 0.875. The lowest BCUT2D eigenvalue weighted by atomic mass is 9.84. The SMILES string of the molecule is NC(=O)OC1CCC(C(F)(F)F)CC1N. The molecule has 15 heavy (non-hydrogen) atoms. The first-order valence-electron chi connectivity index (χ1n) is 4.59. The van der Waals surface area contributed by atoms with E-state index in [4.69, 9.17) is 11.5 Å². The second-order valence-electron chi connectivity index (χ2n) is 3.69. The van der Waals surface area contributed by atoms with Gasteiger partial charge in [-0.05, 0) is 19.3 Å². The van der Waals surface area contributed by atoms with E-state index >= 15 is 0 Å². The molecule has 1 saturated carbocycles. The minimum Gasteiger partial charge on any atom is -0.445 e. The van der Waals surface area contributed by atoms with E-state index in [1.54, 1.807) is 0 Å². The number of amides is 1. The van der Waals surface area contributed by atoms with Gasteiger partial charge in [-0.15, -0.1) is 0 Å². The van der Waals surface area contributed by atoms with E-state index in [0.29, 0.717) is 0 Å². The van der Waals surface area contributed by atoms with Crippen molar-refractivity contribution in [1.29, 1.82) is 0 Å². The maximum Gasteiger partial charge on any atom is 0.404 e. The van der Waals surface area contributed by atoms with Crippen molar-refractivity contribution < 1.29 is 22.7 Å². The molecule has 88 valence electrons. The van der Waals surface area contributed by atoms with Crippen molar-refractivity contribution in [2.45, 2.75) is 37.6 Å². The molecule has 0 heterocycles. The highest BCUT2D eigenvalue weighted by molar-refractivity contribution is 5.64. The molecule has 1 fully saturated rings. The second-order valence-corrected chi connectivity index (χ2v) is 3.69. The van der Waals surface area contributed by atoms with Crippen LogP contribution in [0.15, 0.2) is 0 Å². The fourth-order valence-electron chi connectivity index (χ4n) is 1.77. The molecule has 0 saturated heterocycles. The zero-order valence-electron chi connectivity index (χ0n) is 7.96. The van der Waals surface area contributed by atoms with Gasteiger partial charge in [0.25, 0.3) is 0 Å². The van der Waals surface area contributed by atoms with Crippen molar-refractivity contribution in [2.75, 3.05) is 0 Å². The van der Waals surface area contributed by atoms with Crippen LogP contribution in [0.1, 0.15) is 19.3 Å². The van der Waals surface area contributed by atoms with Crippen LogP contribution in [0.3, 0.4) is 0 Å². The van der Waals surface area contributed by atoms with E-state index in [1.807, 2.05) is 0 Å². The molecule has 0 spiro atoms. The lowest BCUT2D eigenvalue weighted by molar-refractivity contribution is -0.187. The van der Waals surface area contributed by atoms with Gasteiger partial charge in [-0.2, -0.15) is 13.2 Å². The predicted octanol–water partition coefficient (Wildman–Crippen LogP) is 1.14. The minimum atomic E-state index is -4.23. The molecule has 1 aliphatic carbocycles. The fourth-order valence-corrected chi connectivity index (χ4v) is 1.77. The second kappa shape index (κ2) is 4.26. The molecule has 0 bridgehead atoms. The summed E-state index contributed by atoms with van der Waals surface area (Å²) in [7, 11) is 0. The molecule has 0 radical (unpaired) electrons. The van der Waals surface area contributed by atoms with Crippen LogP contribution in [0.5, 0.6) is 0 Å². The third kappa shape index (κ3) is 3.26. The van der Waals surface area contributed by atoms with E-state index in [0.717, 1.165) is 0 Å². The molecule has 3 atom stereocenters. The first-order valence-corrected chi connectivity index (χ1v) is 4.59. The van der Waals surface area contributed by atoms with Crippen LogP contribution in [0, 0.1) is 5.92 Å². The van der Waals surface area contributed by atoms with Crippen molar-refractivity contribution in [3.05, 3.63) is 0 Å². The molecule has 0 aromatic carbocycles. The average molecular weight is 226 g/mol. The van der Waals surface area contributed by atoms with Crippen molar-refractivity contribution >= 4 is 6.09 Å². The lowest BCUT2D eigenvalue weighted by Crippen LogP contribution is -2.46. The highest BCUT2D eigenvalue weighted by Gasteiger charge is 2.44. The molecular weight excluding hydrogens is 213 g/mol. The van der Waals surface area contributed by atoms with Crippen molar-refractivity contribution in [3.63, 3.8) is 0 Å². The Kier molecular flexibility index (Phi) is 3.43. The summed E-state index contributed by atoms with van der Waals surface area (Å²) < 4.78 is 41.6. The van der Waals surface area contributed by atoms with Crippen LogP contribution in [-0.4, -0.2) is 24.4 Å². The minimum absolute atomic E-state index is 0.0743. The highest BCUT2D eigenvalue weighted by Crippen LogP contribution is 2.37. The molecule has 0 aliphatic heterocycles. The number of primary amides is 1. The Morgan fingerprint density at radius 1 is 1.33 bits per heavy atom. The molecule has 1 rings (SSSR count). The van der Waals surface area contributed by atoms with Crippen LogP contribution in [0.2, 0.25) is 0 Å². The van der Waals surface area contributed by atoms with E-state index in [2.05, 4.69) is 4.74 Å². The van der Waals surface area contributed by atoms with Crippen molar-refractivity contribution in [2.24, 2.45) is 17.4 Å². The van der Waals surface area contributed by atoms with Gasteiger partial charge >= 0.3 is 12.3 Å². The van der Waals surface area contributed by atoms with Crippen molar-refractivity contribution in [3.8, 4) is 0 Å². The molecule has 3 unspecified atom stereocenters. The number of alkyl halides is 3. The molecule has 1 aliphatic rings. The number of halogens is 3. The smallest absolute Gasteiger partial charge is 0.404 e. The quantitative estimate of drug-likeness (QED) is 0.703. The standard InChI is InChI=1S/C8H13F3N2O2/c9-8(10,11)4-1-2-6(5(12)3-4)15-7(13)14/h4-6H,1-3,12H2,(H2,13,14).